The fourth-order valence-electron chi connectivity index (χ4n) is 2.43. The Balaban J connectivity index is 1.83. The van der Waals surface area contributed by atoms with Crippen molar-refractivity contribution in [2.75, 3.05) is 44.8 Å². The van der Waals surface area contributed by atoms with Gasteiger partial charge in [0.2, 0.25) is 5.91 Å². The Morgan fingerprint density at radius 3 is 2.50 bits per heavy atom. The van der Waals surface area contributed by atoms with Crippen LogP contribution in [0.15, 0.2) is 30.3 Å². The van der Waals surface area contributed by atoms with Crippen molar-refractivity contribution in [3.63, 3.8) is 0 Å². The lowest BCUT2D eigenvalue weighted by atomic mass is 10.1. The van der Waals surface area contributed by atoms with Gasteiger partial charge in [0.25, 0.3) is 0 Å². The van der Waals surface area contributed by atoms with Gasteiger partial charge in [0.1, 0.15) is 0 Å². The van der Waals surface area contributed by atoms with Crippen molar-refractivity contribution in [2.24, 2.45) is 5.73 Å². The van der Waals surface area contributed by atoms with Crippen molar-refractivity contribution < 1.29 is 9.53 Å². The summed E-state index contributed by atoms with van der Waals surface area (Å²) in [6, 6.07) is 9.83. The first-order chi connectivity index (χ1) is 9.72. The van der Waals surface area contributed by atoms with Crippen molar-refractivity contribution >= 4 is 11.6 Å². The fraction of sp³-hybridized carbons (Fsp3) is 0.533. The van der Waals surface area contributed by atoms with Crippen LogP contribution in [0.2, 0.25) is 0 Å². The molecule has 5 nitrogen and oxygen atoms in total. The molecule has 110 valence electrons. The summed E-state index contributed by atoms with van der Waals surface area (Å²) in [4.78, 5) is 16.3. The molecule has 0 radical (unpaired) electrons. The first-order valence-corrected chi connectivity index (χ1v) is 7.05. The number of carbonyl (C=O) groups excluding carboxylic acids is 1. The summed E-state index contributed by atoms with van der Waals surface area (Å²) in [5, 5.41) is 0. The van der Waals surface area contributed by atoms with Gasteiger partial charge in [0.15, 0.2) is 0 Å². The number of nitrogens with two attached hydrogens (primary N) is 1. The molecule has 1 aliphatic heterocycles. The van der Waals surface area contributed by atoms with Gasteiger partial charge in [-0.25, -0.2) is 0 Å². The highest BCUT2D eigenvalue weighted by molar-refractivity contribution is 5.81. The van der Waals surface area contributed by atoms with E-state index in [9.17, 15) is 4.79 Å². The predicted molar refractivity (Wildman–Crippen MR) is 79.7 cm³/mol. The first-order valence-electron chi connectivity index (χ1n) is 7.05. The fourth-order valence-corrected chi connectivity index (χ4v) is 2.43. The van der Waals surface area contributed by atoms with Crippen LogP contribution >= 0.6 is 0 Å². The third-order valence-electron chi connectivity index (χ3n) is 3.66. The molecule has 0 aliphatic carbocycles. The van der Waals surface area contributed by atoms with Gasteiger partial charge in [-0.1, -0.05) is 18.2 Å². The molecule has 0 bridgehead atoms. The summed E-state index contributed by atoms with van der Waals surface area (Å²) < 4.78 is 4.97. The zero-order valence-corrected chi connectivity index (χ0v) is 12.0. The minimum atomic E-state index is -0.446. The minimum Gasteiger partial charge on any atom is -0.385 e. The average molecular weight is 277 g/mol. The number of nitrogens with zero attached hydrogens (tertiary/aromatic N) is 2. The molecule has 1 aromatic carbocycles. The van der Waals surface area contributed by atoms with E-state index in [2.05, 4.69) is 17.0 Å². The maximum Gasteiger partial charge on any atom is 0.239 e. The van der Waals surface area contributed by atoms with Crippen LogP contribution in [0.4, 0.5) is 5.69 Å². The highest BCUT2D eigenvalue weighted by atomic mass is 16.5. The van der Waals surface area contributed by atoms with Gasteiger partial charge in [-0.05, 0) is 18.6 Å². The number of hydrogen-bond donors (Lipinski definition) is 1. The molecule has 1 unspecified atom stereocenters. The van der Waals surface area contributed by atoms with Gasteiger partial charge in [0, 0.05) is 45.6 Å². The summed E-state index contributed by atoms with van der Waals surface area (Å²) in [7, 11) is 1.62. The third-order valence-corrected chi connectivity index (χ3v) is 3.66. The van der Waals surface area contributed by atoms with E-state index >= 15 is 0 Å². The molecule has 0 aromatic heterocycles. The number of benzene rings is 1. The number of anilines is 1. The smallest absolute Gasteiger partial charge is 0.239 e. The highest BCUT2D eigenvalue weighted by Gasteiger charge is 2.24. The molecule has 1 aromatic rings. The second-order valence-electron chi connectivity index (χ2n) is 5.04. The Bertz CT molecular complexity index is 416. The molecule has 2 rings (SSSR count). The SMILES string of the molecule is COCCC(N)C(=O)N1CCN(c2ccccc2)CC1. The molecule has 1 heterocycles. The summed E-state index contributed by atoms with van der Waals surface area (Å²) in [5.74, 6) is 0.0368. The summed E-state index contributed by atoms with van der Waals surface area (Å²) in [6.07, 6.45) is 0.578. The Hall–Kier alpha value is -1.59. The number of methoxy groups -OCH3 is 1. The topological polar surface area (TPSA) is 58.8 Å². The number of ether oxygens (including phenoxy) is 1. The van der Waals surface area contributed by atoms with Crippen LogP contribution in [0, 0.1) is 0 Å². The van der Waals surface area contributed by atoms with E-state index in [-0.39, 0.29) is 5.91 Å². The molecule has 5 heteroatoms. The lowest BCUT2D eigenvalue weighted by molar-refractivity contribution is -0.133. The summed E-state index contributed by atoms with van der Waals surface area (Å²) in [6.45, 7) is 3.69. The molecular formula is C15H23N3O2. The van der Waals surface area contributed by atoms with Gasteiger partial charge in [0.05, 0.1) is 6.04 Å². The van der Waals surface area contributed by atoms with Crippen molar-refractivity contribution in [2.45, 2.75) is 12.5 Å². The number of hydrogen-bond acceptors (Lipinski definition) is 4. The Kier molecular flexibility index (Phi) is 5.38. The quantitative estimate of drug-likeness (QED) is 0.860. The molecule has 1 aliphatic rings. The van der Waals surface area contributed by atoms with Crippen LogP contribution in [0.3, 0.4) is 0 Å². The molecule has 1 fully saturated rings. The van der Waals surface area contributed by atoms with Gasteiger partial charge in [-0.2, -0.15) is 0 Å². The van der Waals surface area contributed by atoms with Crippen molar-refractivity contribution in [1.29, 1.82) is 0 Å². The summed E-state index contributed by atoms with van der Waals surface area (Å²) >= 11 is 0. The van der Waals surface area contributed by atoms with E-state index in [1.165, 1.54) is 5.69 Å². The third kappa shape index (κ3) is 3.71. The Morgan fingerprint density at radius 1 is 1.25 bits per heavy atom. The van der Waals surface area contributed by atoms with Crippen molar-refractivity contribution in [3.8, 4) is 0 Å². The first kappa shape index (κ1) is 14.8. The zero-order valence-electron chi connectivity index (χ0n) is 12.0. The highest BCUT2D eigenvalue weighted by Crippen LogP contribution is 2.15. The second-order valence-corrected chi connectivity index (χ2v) is 5.04. The van der Waals surface area contributed by atoms with E-state index in [0.717, 1.165) is 26.2 Å². The second kappa shape index (κ2) is 7.26. The average Bonchev–Trinajstić information content (AvgIpc) is 2.53. The molecule has 1 atom stereocenters. The van der Waals surface area contributed by atoms with E-state index < -0.39 is 6.04 Å². The van der Waals surface area contributed by atoms with Crippen molar-refractivity contribution in [3.05, 3.63) is 30.3 Å². The van der Waals surface area contributed by atoms with Gasteiger partial charge in [-0.15, -0.1) is 0 Å². The van der Waals surface area contributed by atoms with E-state index in [1.807, 2.05) is 23.1 Å². The molecule has 0 saturated carbocycles. The summed E-state index contributed by atoms with van der Waals surface area (Å²) in [5.41, 5.74) is 7.11. The number of rotatable bonds is 5. The lowest BCUT2D eigenvalue weighted by Crippen LogP contribution is -2.53. The molecular weight excluding hydrogens is 254 g/mol. The van der Waals surface area contributed by atoms with Crippen LogP contribution in [0.5, 0.6) is 0 Å². The lowest BCUT2D eigenvalue weighted by Gasteiger charge is -2.37. The molecule has 20 heavy (non-hydrogen) atoms. The van der Waals surface area contributed by atoms with Crippen LogP contribution in [-0.2, 0) is 9.53 Å². The number of piperazine rings is 1. The largest absolute Gasteiger partial charge is 0.385 e. The van der Waals surface area contributed by atoms with Crippen molar-refractivity contribution in [1.82, 2.24) is 4.90 Å². The maximum atomic E-state index is 12.2. The Labute approximate surface area is 120 Å². The van der Waals surface area contributed by atoms with E-state index in [1.54, 1.807) is 7.11 Å². The number of para-hydroxylation sites is 1. The maximum absolute atomic E-state index is 12.2. The van der Waals surface area contributed by atoms with Gasteiger partial charge >= 0.3 is 0 Å². The van der Waals surface area contributed by atoms with E-state index in [0.29, 0.717) is 13.0 Å². The molecule has 0 spiro atoms. The van der Waals surface area contributed by atoms with Crippen LogP contribution in [0.1, 0.15) is 6.42 Å². The minimum absolute atomic E-state index is 0.0368. The monoisotopic (exact) mass is 277 g/mol. The predicted octanol–water partition coefficient (Wildman–Crippen LogP) is 0.699. The molecule has 1 amide bonds. The number of amides is 1. The zero-order chi connectivity index (χ0) is 14.4. The van der Waals surface area contributed by atoms with Gasteiger partial charge < -0.3 is 20.3 Å². The van der Waals surface area contributed by atoms with E-state index in [4.69, 9.17) is 10.5 Å². The van der Waals surface area contributed by atoms with Crippen LogP contribution < -0.4 is 10.6 Å². The standard InChI is InChI=1S/C15H23N3O2/c1-20-12-7-14(16)15(19)18-10-8-17(9-11-18)13-5-3-2-4-6-13/h2-6,14H,7-12,16H2,1H3. The number of carbonyl (C=O) groups is 1. The molecule has 1 saturated heterocycles. The van der Waals surface area contributed by atoms with Crippen LogP contribution in [-0.4, -0.2) is 56.7 Å². The Morgan fingerprint density at radius 2 is 1.90 bits per heavy atom. The van der Waals surface area contributed by atoms with Crippen LogP contribution in [0.25, 0.3) is 0 Å². The molecule has 2 N–H and O–H groups in total. The van der Waals surface area contributed by atoms with Gasteiger partial charge in [-0.3, -0.25) is 4.79 Å². The normalized spacial score (nSPS) is 17.1.